The topological polar surface area (TPSA) is 24.9 Å². The predicted molar refractivity (Wildman–Crippen MR) is 78.8 cm³/mol. The number of rotatable bonds is 8. The molecule has 0 saturated heterocycles. The van der Waals surface area contributed by atoms with Crippen molar-refractivity contribution in [3.05, 3.63) is 30.1 Å². The molecule has 1 aromatic rings. The zero-order chi connectivity index (χ0) is 13.4. The number of hydrogen-bond acceptors (Lipinski definition) is 2. The highest BCUT2D eigenvalue weighted by atomic mass is 14.9. The van der Waals surface area contributed by atoms with Crippen LogP contribution in [0.4, 0.5) is 0 Å². The third kappa shape index (κ3) is 4.77. The average molecular weight is 248 g/mol. The minimum Gasteiger partial charge on any atom is -0.313 e. The molecule has 102 valence electrons. The maximum Gasteiger partial charge on any atom is 0.0270 e. The van der Waals surface area contributed by atoms with Gasteiger partial charge in [0.05, 0.1) is 0 Å². The highest BCUT2D eigenvalue weighted by molar-refractivity contribution is 5.17. The monoisotopic (exact) mass is 248 g/mol. The first-order valence-electron chi connectivity index (χ1n) is 7.32. The van der Waals surface area contributed by atoms with Gasteiger partial charge in [0, 0.05) is 18.4 Å². The van der Waals surface area contributed by atoms with E-state index in [4.69, 9.17) is 0 Å². The molecule has 1 heterocycles. The molecule has 18 heavy (non-hydrogen) atoms. The molecule has 1 rings (SSSR count). The molecule has 3 unspecified atom stereocenters. The van der Waals surface area contributed by atoms with Crippen LogP contribution in [0.25, 0.3) is 0 Å². The van der Waals surface area contributed by atoms with Crippen LogP contribution in [0, 0.1) is 5.92 Å². The molecule has 0 aromatic carbocycles. The molecule has 0 bridgehead atoms. The maximum atomic E-state index is 4.11. The van der Waals surface area contributed by atoms with Crippen LogP contribution in [0.2, 0.25) is 0 Å². The lowest BCUT2D eigenvalue weighted by Gasteiger charge is -2.28. The summed E-state index contributed by atoms with van der Waals surface area (Å²) >= 11 is 0. The molecule has 0 spiro atoms. The Bertz CT molecular complexity index is 310. The SMILES string of the molecule is CCCNC(CC(C)CC)C(C)c1ccncc1. The van der Waals surface area contributed by atoms with Gasteiger partial charge >= 0.3 is 0 Å². The lowest BCUT2D eigenvalue weighted by atomic mass is 9.87. The smallest absolute Gasteiger partial charge is 0.0270 e. The summed E-state index contributed by atoms with van der Waals surface area (Å²) < 4.78 is 0. The van der Waals surface area contributed by atoms with Crippen LogP contribution in [0.5, 0.6) is 0 Å². The molecule has 3 atom stereocenters. The van der Waals surface area contributed by atoms with E-state index in [0.717, 1.165) is 12.5 Å². The van der Waals surface area contributed by atoms with E-state index >= 15 is 0 Å². The summed E-state index contributed by atoms with van der Waals surface area (Å²) in [5.74, 6) is 1.33. The van der Waals surface area contributed by atoms with Gasteiger partial charge in [-0.05, 0) is 48.9 Å². The van der Waals surface area contributed by atoms with Crippen LogP contribution in [-0.2, 0) is 0 Å². The van der Waals surface area contributed by atoms with Gasteiger partial charge in [0.15, 0.2) is 0 Å². The van der Waals surface area contributed by atoms with Gasteiger partial charge in [0.25, 0.3) is 0 Å². The van der Waals surface area contributed by atoms with Gasteiger partial charge in [-0.3, -0.25) is 4.98 Å². The molecule has 1 N–H and O–H groups in total. The molecule has 0 radical (unpaired) electrons. The van der Waals surface area contributed by atoms with Crippen LogP contribution >= 0.6 is 0 Å². The van der Waals surface area contributed by atoms with Gasteiger partial charge in [-0.15, -0.1) is 0 Å². The predicted octanol–water partition coefficient (Wildman–Crippen LogP) is 3.99. The van der Waals surface area contributed by atoms with E-state index in [-0.39, 0.29) is 0 Å². The van der Waals surface area contributed by atoms with Gasteiger partial charge < -0.3 is 5.32 Å². The molecular formula is C16H28N2. The van der Waals surface area contributed by atoms with Crippen molar-refractivity contribution >= 4 is 0 Å². The molecular weight excluding hydrogens is 220 g/mol. The summed E-state index contributed by atoms with van der Waals surface area (Å²) in [4.78, 5) is 4.11. The molecule has 2 nitrogen and oxygen atoms in total. The minimum atomic E-state index is 0.550. The second kappa shape index (κ2) is 8.25. The Morgan fingerprint density at radius 3 is 2.39 bits per heavy atom. The molecule has 0 aliphatic carbocycles. The Hall–Kier alpha value is -0.890. The van der Waals surface area contributed by atoms with Crippen molar-refractivity contribution < 1.29 is 0 Å². The lowest BCUT2D eigenvalue weighted by molar-refractivity contribution is 0.357. The first-order chi connectivity index (χ1) is 8.69. The van der Waals surface area contributed by atoms with Crippen molar-refractivity contribution in [3.63, 3.8) is 0 Å². The maximum absolute atomic E-state index is 4.11. The number of aromatic nitrogens is 1. The van der Waals surface area contributed by atoms with Crippen molar-refractivity contribution in [2.24, 2.45) is 5.92 Å². The van der Waals surface area contributed by atoms with Gasteiger partial charge in [0.2, 0.25) is 0 Å². The second-order valence-corrected chi connectivity index (χ2v) is 5.38. The lowest BCUT2D eigenvalue weighted by Crippen LogP contribution is -2.35. The third-order valence-corrected chi connectivity index (χ3v) is 3.85. The number of nitrogens with one attached hydrogen (secondary N) is 1. The quantitative estimate of drug-likeness (QED) is 0.752. The standard InChI is InChI=1S/C16H28N2/c1-5-9-18-16(12-13(3)6-2)14(4)15-7-10-17-11-8-15/h7-8,10-11,13-14,16,18H,5-6,9,12H2,1-4H3. The molecule has 0 amide bonds. The highest BCUT2D eigenvalue weighted by Gasteiger charge is 2.20. The summed E-state index contributed by atoms with van der Waals surface area (Å²) in [6.07, 6.45) is 7.49. The van der Waals surface area contributed by atoms with Gasteiger partial charge in [-0.2, -0.15) is 0 Å². The highest BCUT2D eigenvalue weighted by Crippen LogP contribution is 2.24. The van der Waals surface area contributed by atoms with Crippen LogP contribution in [-0.4, -0.2) is 17.6 Å². The van der Waals surface area contributed by atoms with E-state index in [0.29, 0.717) is 12.0 Å². The summed E-state index contributed by atoms with van der Waals surface area (Å²) in [5, 5.41) is 3.71. The van der Waals surface area contributed by atoms with Crippen LogP contribution in [0.3, 0.4) is 0 Å². The summed E-state index contributed by atoms with van der Waals surface area (Å²) in [6, 6.07) is 4.85. The fourth-order valence-electron chi connectivity index (χ4n) is 2.29. The van der Waals surface area contributed by atoms with Crippen molar-refractivity contribution in [1.29, 1.82) is 0 Å². The fourth-order valence-corrected chi connectivity index (χ4v) is 2.29. The molecule has 0 fully saturated rings. The Kier molecular flexibility index (Phi) is 6.96. The van der Waals surface area contributed by atoms with E-state index in [1.807, 2.05) is 12.4 Å². The molecule has 2 heteroatoms. The van der Waals surface area contributed by atoms with Gasteiger partial charge in [-0.1, -0.05) is 34.1 Å². The third-order valence-electron chi connectivity index (χ3n) is 3.85. The summed E-state index contributed by atoms with van der Waals surface area (Å²) in [5.41, 5.74) is 1.39. The van der Waals surface area contributed by atoms with E-state index in [2.05, 4.69) is 50.1 Å². The Morgan fingerprint density at radius 2 is 1.83 bits per heavy atom. The molecule has 0 aliphatic heterocycles. The van der Waals surface area contributed by atoms with Crippen LogP contribution in [0.15, 0.2) is 24.5 Å². The number of nitrogens with zero attached hydrogens (tertiary/aromatic N) is 1. The van der Waals surface area contributed by atoms with Crippen LogP contribution < -0.4 is 5.32 Å². The average Bonchev–Trinajstić information content (AvgIpc) is 2.43. The Morgan fingerprint density at radius 1 is 1.17 bits per heavy atom. The molecule has 0 saturated carbocycles. The second-order valence-electron chi connectivity index (χ2n) is 5.38. The van der Waals surface area contributed by atoms with E-state index in [9.17, 15) is 0 Å². The first-order valence-corrected chi connectivity index (χ1v) is 7.32. The fraction of sp³-hybridized carbons (Fsp3) is 0.688. The van der Waals surface area contributed by atoms with Crippen LogP contribution in [0.1, 0.15) is 58.4 Å². The summed E-state index contributed by atoms with van der Waals surface area (Å²) in [6.45, 7) is 10.3. The number of pyridine rings is 1. The normalized spacial score (nSPS) is 16.2. The largest absolute Gasteiger partial charge is 0.313 e. The first kappa shape index (κ1) is 15.2. The van der Waals surface area contributed by atoms with E-state index < -0.39 is 0 Å². The van der Waals surface area contributed by atoms with Gasteiger partial charge in [0.1, 0.15) is 0 Å². The number of hydrogen-bond donors (Lipinski definition) is 1. The van der Waals surface area contributed by atoms with Crippen molar-refractivity contribution in [2.45, 2.75) is 58.9 Å². The van der Waals surface area contributed by atoms with E-state index in [1.165, 1.54) is 24.8 Å². The zero-order valence-electron chi connectivity index (χ0n) is 12.3. The zero-order valence-corrected chi connectivity index (χ0v) is 12.3. The van der Waals surface area contributed by atoms with Crippen molar-refractivity contribution in [1.82, 2.24) is 10.3 Å². The van der Waals surface area contributed by atoms with Crippen molar-refractivity contribution in [3.8, 4) is 0 Å². The molecule has 1 aromatic heterocycles. The van der Waals surface area contributed by atoms with Gasteiger partial charge in [-0.25, -0.2) is 0 Å². The molecule has 0 aliphatic rings. The van der Waals surface area contributed by atoms with Crippen molar-refractivity contribution in [2.75, 3.05) is 6.54 Å². The Labute approximate surface area is 112 Å². The van der Waals surface area contributed by atoms with E-state index in [1.54, 1.807) is 0 Å². The minimum absolute atomic E-state index is 0.550. The summed E-state index contributed by atoms with van der Waals surface area (Å²) in [7, 11) is 0. The Balaban J connectivity index is 2.68.